The molecule has 1 atom stereocenters. The molecular weight excluding hydrogens is 390 g/mol. The van der Waals surface area contributed by atoms with E-state index in [0.29, 0.717) is 17.5 Å². The molecule has 3 aromatic rings. The lowest BCUT2D eigenvalue weighted by atomic mass is 9.97. The van der Waals surface area contributed by atoms with Crippen LogP contribution in [0.25, 0.3) is 0 Å². The number of aromatic amines is 1. The van der Waals surface area contributed by atoms with Crippen LogP contribution in [-0.4, -0.2) is 44.0 Å². The SMILES string of the molecule is Cc1nc(N2CC3(CC3)C2)ccc1Cn1cc(C(=O)NC2CCc3c(C)n[nH]c32)cn1. The Bertz CT molecular complexity index is 1160. The van der Waals surface area contributed by atoms with E-state index >= 15 is 0 Å². The Morgan fingerprint density at radius 1 is 1.26 bits per heavy atom. The van der Waals surface area contributed by atoms with Gasteiger partial charge in [0.05, 0.1) is 35.7 Å². The van der Waals surface area contributed by atoms with Crippen molar-refractivity contribution in [2.45, 2.75) is 52.1 Å². The van der Waals surface area contributed by atoms with Crippen molar-refractivity contribution >= 4 is 11.7 Å². The van der Waals surface area contributed by atoms with Crippen LogP contribution in [0.4, 0.5) is 5.82 Å². The molecule has 1 spiro atoms. The first-order valence-electron chi connectivity index (χ1n) is 11.1. The molecule has 1 saturated carbocycles. The maximum absolute atomic E-state index is 12.8. The lowest BCUT2D eigenvalue weighted by Crippen LogP contribution is -2.48. The summed E-state index contributed by atoms with van der Waals surface area (Å²) in [6, 6.07) is 4.23. The van der Waals surface area contributed by atoms with Gasteiger partial charge in [-0.25, -0.2) is 4.98 Å². The highest BCUT2D eigenvalue weighted by Gasteiger charge is 2.52. The summed E-state index contributed by atoms with van der Waals surface area (Å²) in [6.07, 6.45) is 8.04. The smallest absolute Gasteiger partial charge is 0.255 e. The van der Waals surface area contributed by atoms with Crippen LogP contribution in [0.5, 0.6) is 0 Å². The number of nitrogens with one attached hydrogen (secondary N) is 2. The fraction of sp³-hybridized carbons (Fsp3) is 0.478. The molecule has 31 heavy (non-hydrogen) atoms. The van der Waals surface area contributed by atoms with Crippen LogP contribution >= 0.6 is 0 Å². The number of carbonyl (C=O) groups excluding carboxylic acids is 1. The van der Waals surface area contributed by atoms with Gasteiger partial charge in [-0.3, -0.25) is 14.6 Å². The Morgan fingerprint density at radius 3 is 2.87 bits per heavy atom. The number of amides is 1. The number of rotatable bonds is 5. The second-order valence-corrected chi connectivity index (χ2v) is 9.46. The minimum Gasteiger partial charge on any atom is -0.355 e. The van der Waals surface area contributed by atoms with E-state index in [1.165, 1.54) is 18.4 Å². The fourth-order valence-corrected chi connectivity index (χ4v) is 4.98. The number of fused-ring (bicyclic) bond motifs is 1. The molecule has 0 radical (unpaired) electrons. The van der Waals surface area contributed by atoms with E-state index < -0.39 is 0 Å². The molecular formula is C23H27N7O. The summed E-state index contributed by atoms with van der Waals surface area (Å²) in [5, 5.41) is 14.9. The van der Waals surface area contributed by atoms with E-state index in [1.807, 2.05) is 24.7 Å². The number of aromatic nitrogens is 5. The van der Waals surface area contributed by atoms with E-state index in [9.17, 15) is 4.79 Å². The summed E-state index contributed by atoms with van der Waals surface area (Å²) < 4.78 is 1.81. The molecule has 1 amide bonds. The molecule has 6 rings (SSSR count). The van der Waals surface area contributed by atoms with Gasteiger partial charge >= 0.3 is 0 Å². The summed E-state index contributed by atoms with van der Waals surface area (Å²) in [6.45, 7) is 6.95. The van der Waals surface area contributed by atoms with Crippen LogP contribution in [0.2, 0.25) is 0 Å². The van der Waals surface area contributed by atoms with E-state index in [1.54, 1.807) is 6.20 Å². The predicted octanol–water partition coefficient (Wildman–Crippen LogP) is 2.68. The Labute approximate surface area is 181 Å². The second kappa shape index (κ2) is 6.67. The van der Waals surface area contributed by atoms with Gasteiger partial charge in [0, 0.05) is 30.4 Å². The van der Waals surface area contributed by atoms with Crippen LogP contribution in [0.1, 0.15) is 63.9 Å². The first kappa shape index (κ1) is 18.6. The Kier molecular flexibility index (Phi) is 4.00. The maximum atomic E-state index is 12.8. The van der Waals surface area contributed by atoms with Crippen molar-refractivity contribution < 1.29 is 4.79 Å². The molecule has 0 aromatic carbocycles. The summed E-state index contributed by atoms with van der Waals surface area (Å²) in [4.78, 5) is 19.9. The van der Waals surface area contributed by atoms with Crippen molar-refractivity contribution in [1.82, 2.24) is 30.3 Å². The number of hydrogen-bond acceptors (Lipinski definition) is 5. The first-order chi connectivity index (χ1) is 15.0. The van der Waals surface area contributed by atoms with Crippen molar-refractivity contribution in [3.8, 4) is 0 Å². The third-order valence-electron chi connectivity index (χ3n) is 7.18. The van der Waals surface area contributed by atoms with Crippen LogP contribution in [-0.2, 0) is 13.0 Å². The highest BCUT2D eigenvalue weighted by molar-refractivity contribution is 5.94. The van der Waals surface area contributed by atoms with E-state index in [2.05, 4.69) is 37.6 Å². The molecule has 2 fully saturated rings. The van der Waals surface area contributed by atoms with Gasteiger partial charge < -0.3 is 10.2 Å². The minimum absolute atomic E-state index is 0.0117. The molecule has 8 nitrogen and oxygen atoms in total. The molecule has 1 unspecified atom stereocenters. The van der Waals surface area contributed by atoms with Crippen molar-refractivity contribution in [1.29, 1.82) is 0 Å². The van der Waals surface area contributed by atoms with Crippen LogP contribution < -0.4 is 10.2 Å². The van der Waals surface area contributed by atoms with Gasteiger partial charge in [0.2, 0.25) is 0 Å². The van der Waals surface area contributed by atoms with Gasteiger partial charge in [-0.15, -0.1) is 0 Å². The lowest BCUT2D eigenvalue weighted by molar-refractivity contribution is 0.0936. The minimum atomic E-state index is -0.103. The van der Waals surface area contributed by atoms with Crippen molar-refractivity contribution in [3.63, 3.8) is 0 Å². The number of hydrogen-bond donors (Lipinski definition) is 2. The van der Waals surface area contributed by atoms with Gasteiger partial charge in [0.1, 0.15) is 5.82 Å². The van der Waals surface area contributed by atoms with Gasteiger partial charge in [0.15, 0.2) is 0 Å². The number of anilines is 1. The first-order valence-corrected chi connectivity index (χ1v) is 11.1. The third kappa shape index (κ3) is 3.21. The number of nitrogens with zero attached hydrogens (tertiary/aromatic N) is 5. The van der Waals surface area contributed by atoms with Gasteiger partial charge in [-0.1, -0.05) is 6.07 Å². The highest BCUT2D eigenvalue weighted by atomic mass is 16.1. The molecule has 160 valence electrons. The van der Waals surface area contributed by atoms with Crippen LogP contribution in [0, 0.1) is 19.3 Å². The van der Waals surface area contributed by atoms with E-state index in [-0.39, 0.29) is 11.9 Å². The monoisotopic (exact) mass is 417 g/mol. The second-order valence-electron chi connectivity index (χ2n) is 9.46. The quantitative estimate of drug-likeness (QED) is 0.666. The summed E-state index contributed by atoms with van der Waals surface area (Å²) in [5.74, 6) is 0.970. The largest absolute Gasteiger partial charge is 0.355 e. The standard InChI is InChI=1S/C23H27N7O/c1-14-16(3-6-20(25-14)29-12-23(13-29)7-8-23)10-30-11-17(9-24-30)22(31)26-19-5-4-18-15(2)27-28-21(18)19/h3,6,9,11,19H,4-5,7-8,10,12-13H2,1-2H3,(H,26,31)(H,27,28). The maximum Gasteiger partial charge on any atom is 0.255 e. The van der Waals surface area contributed by atoms with Crippen LogP contribution in [0.15, 0.2) is 24.5 Å². The normalized spacial score (nSPS) is 20.6. The predicted molar refractivity (Wildman–Crippen MR) is 116 cm³/mol. The third-order valence-corrected chi connectivity index (χ3v) is 7.18. The summed E-state index contributed by atoms with van der Waals surface area (Å²) in [5.41, 5.74) is 6.62. The molecule has 8 heteroatoms. The zero-order chi connectivity index (χ0) is 21.2. The van der Waals surface area contributed by atoms with Crippen molar-refractivity contribution in [2.24, 2.45) is 5.41 Å². The molecule has 2 aliphatic carbocycles. The molecule has 1 saturated heterocycles. The van der Waals surface area contributed by atoms with Gasteiger partial charge in [0.25, 0.3) is 5.91 Å². The average molecular weight is 418 g/mol. The van der Waals surface area contributed by atoms with E-state index in [0.717, 1.165) is 54.4 Å². The molecule has 0 bridgehead atoms. The zero-order valence-corrected chi connectivity index (χ0v) is 18.0. The summed E-state index contributed by atoms with van der Waals surface area (Å²) in [7, 11) is 0. The van der Waals surface area contributed by atoms with Gasteiger partial charge in [-0.05, 0) is 56.7 Å². The molecule has 2 N–H and O–H groups in total. The summed E-state index contributed by atoms with van der Waals surface area (Å²) >= 11 is 0. The lowest BCUT2D eigenvalue weighted by Gasteiger charge is -2.41. The average Bonchev–Trinajstić information content (AvgIpc) is 3.04. The Balaban J connectivity index is 1.11. The van der Waals surface area contributed by atoms with Crippen molar-refractivity contribution in [2.75, 3.05) is 18.0 Å². The number of aryl methyl sites for hydroxylation is 2. The van der Waals surface area contributed by atoms with E-state index in [4.69, 9.17) is 4.98 Å². The Hall–Kier alpha value is -3.16. The molecule has 1 aliphatic heterocycles. The highest BCUT2D eigenvalue weighted by Crippen LogP contribution is 2.53. The molecule has 3 aromatic heterocycles. The molecule has 3 aliphatic rings. The molecule has 4 heterocycles. The zero-order valence-electron chi connectivity index (χ0n) is 18.0. The van der Waals surface area contributed by atoms with Gasteiger partial charge in [-0.2, -0.15) is 10.2 Å². The number of H-pyrrole nitrogens is 1. The fourth-order valence-electron chi connectivity index (χ4n) is 4.98. The number of carbonyl (C=O) groups is 1. The Morgan fingerprint density at radius 2 is 2.10 bits per heavy atom. The topological polar surface area (TPSA) is 91.7 Å². The van der Waals surface area contributed by atoms with Crippen LogP contribution in [0.3, 0.4) is 0 Å². The number of pyridine rings is 1. The van der Waals surface area contributed by atoms with Crippen molar-refractivity contribution in [3.05, 3.63) is 58.3 Å².